The maximum absolute atomic E-state index is 13.1. The summed E-state index contributed by atoms with van der Waals surface area (Å²) in [4.78, 5) is 36.3. The Balaban J connectivity index is 1.04. The van der Waals surface area contributed by atoms with E-state index in [9.17, 15) is 14.9 Å². The minimum atomic E-state index is -1.09. The third kappa shape index (κ3) is 5.68. The second kappa shape index (κ2) is 11.8. The number of aromatic amines is 1. The SMILES string of the molecule is N#Cc1ccc2[nH]cc(CCCN3CCN(c4ccc(-n5ccc6nc(OCC(=O)O)ccc6c5=O)cc4)CC3)c2c1. The number of hydrogen-bond donors (Lipinski definition) is 2. The molecule has 2 aromatic carbocycles. The van der Waals surface area contributed by atoms with Crippen LogP contribution in [-0.2, 0) is 11.2 Å². The molecule has 0 bridgehead atoms. The first-order chi connectivity index (χ1) is 20.5. The van der Waals surface area contributed by atoms with E-state index < -0.39 is 12.6 Å². The smallest absolute Gasteiger partial charge is 0.341 e. The highest BCUT2D eigenvalue weighted by molar-refractivity contribution is 5.84. The number of H-pyrrole nitrogens is 1. The van der Waals surface area contributed by atoms with E-state index in [0.29, 0.717) is 16.5 Å². The number of aromatic nitrogens is 3. The fourth-order valence-corrected chi connectivity index (χ4v) is 5.53. The van der Waals surface area contributed by atoms with E-state index in [-0.39, 0.29) is 11.4 Å². The number of anilines is 1. The van der Waals surface area contributed by atoms with Crippen molar-refractivity contribution in [1.82, 2.24) is 19.4 Å². The van der Waals surface area contributed by atoms with Gasteiger partial charge in [0.25, 0.3) is 5.56 Å². The van der Waals surface area contributed by atoms with Crippen LogP contribution < -0.4 is 15.2 Å². The zero-order valence-electron chi connectivity index (χ0n) is 23.0. The van der Waals surface area contributed by atoms with Gasteiger partial charge in [0.1, 0.15) is 0 Å². The highest BCUT2D eigenvalue weighted by atomic mass is 16.5. The number of rotatable bonds is 9. The van der Waals surface area contributed by atoms with Gasteiger partial charge in [0.05, 0.1) is 22.5 Å². The number of aryl methyl sites for hydroxylation is 1. The van der Waals surface area contributed by atoms with Crippen LogP contribution >= 0.6 is 0 Å². The largest absolute Gasteiger partial charge is 0.479 e. The second-order valence-corrected chi connectivity index (χ2v) is 10.4. The molecule has 42 heavy (non-hydrogen) atoms. The van der Waals surface area contributed by atoms with Crippen molar-refractivity contribution in [3.63, 3.8) is 0 Å². The van der Waals surface area contributed by atoms with Gasteiger partial charge >= 0.3 is 5.97 Å². The molecule has 212 valence electrons. The zero-order chi connectivity index (χ0) is 29.1. The van der Waals surface area contributed by atoms with E-state index in [0.717, 1.165) is 67.8 Å². The number of carboxylic acid groups (broad SMARTS) is 1. The topological polar surface area (TPSA) is 127 Å². The fraction of sp³-hybridized carbons (Fsp3) is 0.250. The summed E-state index contributed by atoms with van der Waals surface area (Å²) in [5.74, 6) is -0.928. The van der Waals surface area contributed by atoms with Crippen LogP contribution in [0.25, 0.3) is 27.5 Å². The summed E-state index contributed by atoms with van der Waals surface area (Å²) in [5, 5.41) is 19.6. The average Bonchev–Trinajstić information content (AvgIpc) is 3.42. The van der Waals surface area contributed by atoms with Crippen LogP contribution in [-0.4, -0.2) is 69.8 Å². The number of benzene rings is 2. The van der Waals surface area contributed by atoms with Crippen LogP contribution in [0.15, 0.2) is 77.9 Å². The summed E-state index contributed by atoms with van der Waals surface area (Å²) in [6.45, 7) is 4.39. The Morgan fingerprint density at radius 3 is 2.55 bits per heavy atom. The molecule has 5 aromatic rings. The van der Waals surface area contributed by atoms with Crippen molar-refractivity contribution in [3.8, 4) is 17.6 Å². The Bertz CT molecular complexity index is 1850. The minimum absolute atomic E-state index is 0.163. The second-order valence-electron chi connectivity index (χ2n) is 10.4. The van der Waals surface area contributed by atoms with Gasteiger partial charge in [0.15, 0.2) is 6.61 Å². The number of carbonyl (C=O) groups is 1. The van der Waals surface area contributed by atoms with Crippen LogP contribution in [0, 0.1) is 11.3 Å². The summed E-state index contributed by atoms with van der Waals surface area (Å²) < 4.78 is 6.71. The van der Waals surface area contributed by atoms with Crippen molar-refractivity contribution in [2.24, 2.45) is 0 Å². The molecule has 1 fully saturated rings. The van der Waals surface area contributed by atoms with E-state index in [1.165, 1.54) is 11.6 Å². The molecule has 3 aromatic heterocycles. The third-order valence-corrected chi connectivity index (χ3v) is 7.76. The van der Waals surface area contributed by atoms with E-state index in [1.807, 2.05) is 30.3 Å². The van der Waals surface area contributed by atoms with Gasteiger partial charge in [0.2, 0.25) is 5.88 Å². The molecule has 0 unspecified atom stereocenters. The Labute approximate surface area is 242 Å². The number of aliphatic carboxylic acids is 1. The molecule has 6 rings (SSSR count). The number of nitrogens with zero attached hydrogens (tertiary/aromatic N) is 5. The summed E-state index contributed by atoms with van der Waals surface area (Å²) >= 11 is 0. The first kappa shape index (κ1) is 27.1. The van der Waals surface area contributed by atoms with E-state index in [4.69, 9.17) is 9.84 Å². The average molecular weight is 563 g/mol. The molecule has 0 spiro atoms. The van der Waals surface area contributed by atoms with Crippen molar-refractivity contribution in [1.29, 1.82) is 5.26 Å². The van der Waals surface area contributed by atoms with E-state index in [2.05, 4.69) is 44.2 Å². The summed E-state index contributed by atoms with van der Waals surface area (Å²) in [5.41, 5.74) is 5.15. The number of piperazine rings is 1. The number of nitriles is 1. The number of hydrogen-bond acceptors (Lipinski definition) is 7. The lowest BCUT2D eigenvalue weighted by molar-refractivity contribution is -0.139. The van der Waals surface area contributed by atoms with Crippen molar-refractivity contribution < 1.29 is 14.6 Å². The van der Waals surface area contributed by atoms with Gasteiger partial charge in [-0.25, -0.2) is 9.78 Å². The van der Waals surface area contributed by atoms with Crippen molar-refractivity contribution in [3.05, 3.63) is 94.5 Å². The molecule has 1 aliphatic rings. The molecule has 1 aliphatic heterocycles. The molecular weight excluding hydrogens is 532 g/mol. The Morgan fingerprint density at radius 1 is 1.00 bits per heavy atom. The quantitative estimate of drug-likeness (QED) is 0.276. The summed E-state index contributed by atoms with van der Waals surface area (Å²) in [6.07, 6.45) is 5.77. The molecule has 2 N–H and O–H groups in total. The standard InChI is InChI=1S/C32H30N6O4/c33-19-22-3-9-28-27(18-22)23(20-34-28)2-1-12-36-14-16-37(17-15-36)24-4-6-25(7-5-24)38-13-11-29-26(32(38)41)8-10-30(35-29)42-21-31(39)40/h3-11,13,18,20,34H,1-2,12,14-17,21H2,(H,39,40). The van der Waals surface area contributed by atoms with Crippen LogP contribution in [0.5, 0.6) is 5.88 Å². The molecule has 0 aliphatic carbocycles. The number of carboxylic acids is 1. The van der Waals surface area contributed by atoms with Crippen LogP contribution in [0.1, 0.15) is 17.5 Å². The fourth-order valence-electron chi connectivity index (χ4n) is 5.53. The van der Waals surface area contributed by atoms with Gasteiger partial charge < -0.3 is 19.7 Å². The molecule has 0 atom stereocenters. The predicted molar refractivity (Wildman–Crippen MR) is 160 cm³/mol. The van der Waals surface area contributed by atoms with E-state index >= 15 is 0 Å². The third-order valence-electron chi connectivity index (χ3n) is 7.76. The lowest BCUT2D eigenvalue weighted by atomic mass is 10.1. The molecular formula is C32H30N6O4. The predicted octanol–water partition coefficient (Wildman–Crippen LogP) is 3.96. The van der Waals surface area contributed by atoms with Crippen LogP contribution in [0.3, 0.4) is 0 Å². The number of fused-ring (bicyclic) bond motifs is 2. The molecule has 10 heteroatoms. The molecule has 10 nitrogen and oxygen atoms in total. The Hall–Kier alpha value is -5.14. The van der Waals surface area contributed by atoms with Crippen molar-refractivity contribution in [2.45, 2.75) is 12.8 Å². The van der Waals surface area contributed by atoms with Gasteiger partial charge in [0, 0.05) is 66.9 Å². The molecule has 1 saturated heterocycles. The van der Waals surface area contributed by atoms with Gasteiger partial charge in [-0.05, 0) is 79.5 Å². The summed E-state index contributed by atoms with van der Waals surface area (Å²) in [6, 6.07) is 20.9. The minimum Gasteiger partial charge on any atom is -0.479 e. The van der Waals surface area contributed by atoms with Crippen molar-refractivity contribution >= 4 is 33.5 Å². The lowest BCUT2D eigenvalue weighted by Crippen LogP contribution is -2.46. The van der Waals surface area contributed by atoms with Gasteiger partial charge in [-0.15, -0.1) is 0 Å². The molecule has 0 amide bonds. The summed E-state index contributed by atoms with van der Waals surface area (Å²) in [7, 11) is 0. The Morgan fingerprint density at radius 2 is 1.79 bits per heavy atom. The lowest BCUT2D eigenvalue weighted by Gasteiger charge is -2.36. The number of pyridine rings is 2. The molecule has 4 heterocycles. The van der Waals surface area contributed by atoms with E-state index in [1.54, 1.807) is 22.9 Å². The molecule has 0 radical (unpaired) electrons. The highest BCUT2D eigenvalue weighted by Crippen LogP contribution is 2.23. The van der Waals surface area contributed by atoms with Gasteiger partial charge in [-0.2, -0.15) is 5.26 Å². The normalized spacial score (nSPS) is 13.8. The Kier molecular flexibility index (Phi) is 7.58. The van der Waals surface area contributed by atoms with Crippen molar-refractivity contribution in [2.75, 3.05) is 44.2 Å². The zero-order valence-corrected chi connectivity index (χ0v) is 23.0. The van der Waals surface area contributed by atoms with Crippen LogP contribution in [0.4, 0.5) is 5.69 Å². The first-order valence-electron chi connectivity index (χ1n) is 13.9. The number of ether oxygens (including phenoxy) is 1. The monoisotopic (exact) mass is 562 g/mol. The van der Waals surface area contributed by atoms with Crippen LogP contribution in [0.2, 0.25) is 0 Å². The number of nitrogens with one attached hydrogen (secondary N) is 1. The van der Waals surface area contributed by atoms with Gasteiger partial charge in [-0.1, -0.05) is 0 Å². The maximum Gasteiger partial charge on any atom is 0.341 e. The first-order valence-corrected chi connectivity index (χ1v) is 13.9. The highest BCUT2D eigenvalue weighted by Gasteiger charge is 2.17. The molecule has 0 saturated carbocycles. The van der Waals surface area contributed by atoms with Gasteiger partial charge in [-0.3, -0.25) is 14.3 Å². The maximum atomic E-state index is 13.1.